The Morgan fingerprint density at radius 2 is 2.03 bits per heavy atom. The number of unbranched alkanes of at least 4 members (excludes halogenated alkanes) is 2. The van der Waals surface area contributed by atoms with Crippen LogP contribution in [0.15, 0.2) is 34.6 Å². The zero-order valence-corrected chi connectivity index (χ0v) is 21.1. The molecule has 2 amide bonds. The fraction of sp³-hybridized carbons (Fsp3) is 0.704. The van der Waals surface area contributed by atoms with Gasteiger partial charge in [-0.3, -0.25) is 9.59 Å². The number of amides is 2. The lowest BCUT2D eigenvalue weighted by Crippen LogP contribution is -2.52. The van der Waals surface area contributed by atoms with Crippen molar-refractivity contribution in [3.63, 3.8) is 0 Å². The Bertz CT molecular complexity index is 825. The third-order valence-corrected chi connectivity index (χ3v) is 8.87. The standard InChI is InChI=1S/C27H41N3O2S/c1-20-17-23-18-21(10-11-22(23)12-13-24(20)28)7-3-2-4-9-26(31)30-14-6-5-8-25(30)27(32)29-15-16-33-19-29/h13,17,21,25H,2-12,14-16,18-19,28H2,1H3. The molecular weight excluding hydrogens is 430 g/mol. The summed E-state index contributed by atoms with van der Waals surface area (Å²) in [6.45, 7) is 3.70. The second-order valence-electron chi connectivity index (χ2n) is 10.3. The summed E-state index contributed by atoms with van der Waals surface area (Å²) >= 11 is 1.81. The van der Waals surface area contributed by atoms with E-state index in [1.165, 1.54) is 43.3 Å². The zero-order valence-electron chi connectivity index (χ0n) is 20.3. The predicted octanol–water partition coefficient (Wildman–Crippen LogP) is 5.14. The fourth-order valence-corrected chi connectivity index (χ4v) is 6.75. The van der Waals surface area contributed by atoms with E-state index < -0.39 is 0 Å². The van der Waals surface area contributed by atoms with Crippen LogP contribution < -0.4 is 5.73 Å². The maximum absolute atomic E-state index is 13.0. The number of allylic oxidation sites excluding steroid dienone is 5. The van der Waals surface area contributed by atoms with Gasteiger partial charge in [0.1, 0.15) is 6.04 Å². The van der Waals surface area contributed by atoms with E-state index in [1.54, 1.807) is 5.57 Å². The first kappa shape index (κ1) is 24.4. The maximum atomic E-state index is 13.0. The number of nitrogens with two attached hydrogens (primary N) is 1. The molecule has 2 fully saturated rings. The summed E-state index contributed by atoms with van der Waals surface area (Å²) in [4.78, 5) is 29.7. The minimum absolute atomic E-state index is 0.179. The largest absolute Gasteiger partial charge is 0.399 e. The molecule has 33 heavy (non-hydrogen) atoms. The molecule has 0 saturated carbocycles. The molecule has 0 spiro atoms. The highest BCUT2D eigenvalue weighted by Gasteiger charge is 2.35. The molecule has 2 N–H and O–H groups in total. The second-order valence-corrected chi connectivity index (χ2v) is 11.3. The van der Waals surface area contributed by atoms with Crippen LogP contribution in [0.1, 0.15) is 84.0 Å². The van der Waals surface area contributed by atoms with Gasteiger partial charge in [0, 0.05) is 31.0 Å². The third-order valence-electron chi connectivity index (χ3n) is 7.91. The van der Waals surface area contributed by atoms with E-state index in [9.17, 15) is 9.59 Å². The Morgan fingerprint density at radius 3 is 2.85 bits per heavy atom. The van der Waals surface area contributed by atoms with Gasteiger partial charge in [-0.05, 0) is 75.4 Å². The Kier molecular flexibility index (Phi) is 8.61. The van der Waals surface area contributed by atoms with Crippen LogP contribution in [0.25, 0.3) is 0 Å². The fourth-order valence-electron chi connectivity index (χ4n) is 5.79. The van der Waals surface area contributed by atoms with E-state index in [4.69, 9.17) is 5.73 Å². The van der Waals surface area contributed by atoms with Crippen molar-refractivity contribution in [1.82, 2.24) is 9.80 Å². The number of nitrogens with zero attached hydrogens (tertiary/aromatic N) is 2. The maximum Gasteiger partial charge on any atom is 0.246 e. The molecule has 5 nitrogen and oxygen atoms in total. The molecule has 2 unspecified atom stereocenters. The number of piperidine rings is 1. The summed E-state index contributed by atoms with van der Waals surface area (Å²) in [6, 6.07) is -0.214. The summed E-state index contributed by atoms with van der Waals surface area (Å²) < 4.78 is 0. The van der Waals surface area contributed by atoms with Crippen LogP contribution in [0.5, 0.6) is 0 Å². The summed E-state index contributed by atoms with van der Waals surface area (Å²) in [5.41, 5.74) is 11.4. The number of thioether (sulfide) groups is 1. The smallest absolute Gasteiger partial charge is 0.246 e. The second kappa shape index (κ2) is 11.6. The van der Waals surface area contributed by atoms with Crippen molar-refractivity contribution >= 4 is 23.6 Å². The van der Waals surface area contributed by atoms with Crippen LogP contribution >= 0.6 is 11.8 Å². The Balaban J connectivity index is 1.18. The predicted molar refractivity (Wildman–Crippen MR) is 136 cm³/mol. The summed E-state index contributed by atoms with van der Waals surface area (Å²) in [7, 11) is 0. The first-order valence-corrected chi connectivity index (χ1v) is 14.2. The first-order chi connectivity index (χ1) is 16.0. The molecular formula is C27H41N3O2S. The van der Waals surface area contributed by atoms with E-state index in [-0.39, 0.29) is 17.9 Å². The number of rotatable bonds is 7. The number of carbonyl (C=O) groups is 2. The molecule has 2 saturated heterocycles. The normalized spacial score (nSPS) is 26.0. The minimum atomic E-state index is -0.214. The van der Waals surface area contributed by atoms with Crippen LogP contribution in [-0.2, 0) is 9.59 Å². The molecule has 2 atom stereocenters. The van der Waals surface area contributed by atoms with Crippen molar-refractivity contribution in [2.24, 2.45) is 11.7 Å². The van der Waals surface area contributed by atoms with Gasteiger partial charge in [-0.1, -0.05) is 37.0 Å². The van der Waals surface area contributed by atoms with Crippen molar-refractivity contribution in [3.05, 3.63) is 34.6 Å². The van der Waals surface area contributed by atoms with Crippen LogP contribution in [-0.4, -0.2) is 52.4 Å². The van der Waals surface area contributed by atoms with Crippen molar-refractivity contribution in [2.45, 2.75) is 90.0 Å². The molecule has 2 aliphatic heterocycles. The summed E-state index contributed by atoms with van der Waals surface area (Å²) in [6.07, 6.45) is 17.2. The van der Waals surface area contributed by atoms with Gasteiger partial charge in [0.2, 0.25) is 11.8 Å². The molecule has 0 aromatic rings. The van der Waals surface area contributed by atoms with E-state index >= 15 is 0 Å². The third kappa shape index (κ3) is 6.26. The summed E-state index contributed by atoms with van der Waals surface area (Å²) in [5.74, 6) is 2.93. The molecule has 4 aliphatic rings. The molecule has 0 radical (unpaired) electrons. The average Bonchev–Trinajstić information content (AvgIpc) is 3.33. The lowest BCUT2D eigenvalue weighted by atomic mass is 9.80. The van der Waals surface area contributed by atoms with Gasteiger partial charge in [-0.25, -0.2) is 0 Å². The van der Waals surface area contributed by atoms with Gasteiger partial charge in [-0.15, -0.1) is 11.8 Å². The van der Waals surface area contributed by atoms with E-state index in [2.05, 4.69) is 19.1 Å². The van der Waals surface area contributed by atoms with Gasteiger partial charge >= 0.3 is 0 Å². The Morgan fingerprint density at radius 1 is 1.15 bits per heavy atom. The van der Waals surface area contributed by atoms with E-state index in [0.717, 1.165) is 74.9 Å². The van der Waals surface area contributed by atoms with E-state index in [1.807, 2.05) is 21.6 Å². The van der Waals surface area contributed by atoms with Crippen molar-refractivity contribution in [1.29, 1.82) is 0 Å². The van der Waals surface area contributed by atoms with Crippen molar-refractivity contribution in [3.8, 4) is 0 Å². The van der Waals surface area contributed by atoms with Gasteiger partial charge in [0.05, 0.1) is 5.88 Å². The van der Waals surface area contributed by atoms with Crippen LogP contribution in [0.4, 0.5) is 0 Å². The highest BCUT2D eigenvalue weighted by Crippen LogP contribution is 2.37. The van der Waals surface area contributed by atoms with Gasteiger partial charge < -0.3 is 15.5 Å². The van der Waals surface area contributed by atoms with Crippen molar-refractivity contribution < 1.29 is 9.59 Å². The molecule has 0 aromatic carbocycles. The first-order valence-electron chi connectivity index (χ1n) is 13.0. The quantitative estimate of drug-likeness (QED) is 0.522. The molecule has 182 valence electrons. The summed E-state index contributed by atoms with van der Waals surface area (Å²) in [5, 5.41) is 0. The highest BCUT2D eigenvalue weighted by atomic mass is 32.2. The van der Waals surface area contributed by atoms with Crippen molar-refractivity contribution in [2.75, 3.05) is 24.7 Å². The lowest BCUT2D eigenvalue weighted by Gasteiger charge is -2.36. The number of carbonyl (C=O) groups excluding carboxylic acids is 2. The Hall–Kier alpha value is -1.69. The molecule has 6 heteroatoms. The monoisotopic (exact) mass is 471 g/mol. The number of hydrogen-bond acceptors (Lipinski definition) is 4. The zero-order chi connectivity index (χ0) is 23.2. The minimum Gasteiger partial charge on any atom is -0.399 e. The molecule has 0 bridgehead atoms. The molecule has 0 aromatic heterocycles. The number of hydrogen-bond donors (Lipinski definition) is 1. The molecule has 2 aliphatic carbocycles. The van der Waals surface area contributed by atoms with Gasteiger partial charge in [0.25, 0.3) is 0 Å². The van der Waals surface area contributed by atoms with Gasteiger partial charge in [0.15, 0.2) is 0 Å². The SMILES string of the molecule is CC1=CC2=C(CC=C1N)CCC(CCCCCC(=O)N1CCCCC1C(=O)N1CCSC1)C2. The average molecular weight is 472 g/mol. The van der Waals surface area contributed by atoms with E-state index in [0.29, 0.717) is 6.42 Å². The van der Waals surface area contributed by atoms with Crippen LogP contribution in [0.3, 0.4) is 0 Å². The Labute approximate surface area is 203 Å². The number of likely N-dealkylation sites (tertiary alicyclic amines) is 1. The van der Waals surface area contributed by atoms with Crippen LogP contribution in [0, 0.1) is 5.92 Å². The topological polar surface area (TPSA) is 66.6 Å². The molecule has 2 heterocycles. The highest BCUT2D eigenvalue weighted by molar-refractivity contribution is 7.99. The molecule has 4 rings (SSSR count). The lowest BCUT2D eigenvalue weighted by molar-refractivity contribution is -0.146. The van der Waals surface area contributed by atoms with Crippen LogP contribution in [0.2, 0.25) is 0 Å². The van der Waals surface area contributed by atoms with Gasteiger partial charge in [-0.2, -0.15) is 0 Å².